The van der Waals surface area contributed by atoms with Crippen molar-refractivity contribution in [2.24, 2.45) is 0 Å². The second-order valence-electron chi connectivity index (χ2n) is 6.37. The van der Waals surface area contributed by atoms with Crippen molar-refractivity contribution in [2.45, 2.75) is 32.9 Å². The van der Waals surface area contributed by atoms with Crippen LogP contribution in [0.3, 0.4) is 0 Å². The van der Waals surface area contributed by atoms with Crippen molar-refractivity contribution in [1.29, 1.82) is 0 Å². The Morgan fingerprint density at radius 3 is 1.90 bits per heavy atom. The molecule has 0 radical (unpaired) electrons. The second-order valence-corrected chi connectivity index (χ2v) is 6.37. The molecule has 0 atom stereocenters. The maximum Gasteiger partial charge on any atom is 0.251 e. The van der Waals surface area contributed by atoms with Crippen molar-refractivity contribution in [1.82, 2.24) is 40.3 Å². The molecular formula is C18H24N8O3. The zero-order valence-electron chi connectivity index (χ0n) is 16.2. The van der Waals surface area contributed by atoms with E-state index in [1.165, 1.54) is 0 Å². The van der Waals surface area contributed by atoms with E-state index in [2.05, 4.69) is 30.9 Å². The number of aliphatic hydroxyl groups is 2. The summed E-state index contributed by atoms with van der Waals surface area (Å²) in [5.41, 5.74) is 2.44. The monoisotopic (exact) mass is 400 g/mol. The molecule has 0 bridgehead atoms. The average molecular weight is 400 g/mol. The molecule has 0 spiro atoms. The summed E-state index contributed by atoms with van der Waals surface area (Å²) >= 11 is 0. The van der Waals surface area contributed by atoms with Crippen LogP contribution in [0.25, 0.3) is 22.8 Å². The van der Waals surface area contributed by atoms with Gasteiger partial charge in [-0.2, -0.15) is 0 Å². The second kappa shape index (κ2) is 9.85. The predicted octanol–water partition coefficient (Wildman–Crippen LogP) is 0.113. The van der Waals surface area contributed by atoms with E-state index in [0.717, 1.165) is 0 Å². The summed E-state index contributed by atoms with van der Waals surface area (Å²) in [5, 5.41) is 37.1. The lowest BCUT2D eigenvalue weighted by atomic mass is 10.1. The number of amides is 1. The van der Waals surface area contributed by atoms with Crippen molar-refractivity contribution in [2.75, 3.05) is 19.8 Å². The van der Waals surface area contributed by atoms with E-state index >= 15 is 0 Å². The molecule has 0 fully saturated rings. The summed E-state index contributed by atoms with van der Waals surface area (Å²) in [6.45, 7) is 3.55. The highest BCUT2D eigenvalue weighted by Gasteiger charge is 2.16. The highest BCUT2D eigenvalue weighted by Crippen LogP contribution is 2.22. The van der Waals surface area contributed by atoms with E-state index in [4.69, 9.17) is 10.2 Å². The maximum atomic E-state index is 12.4. The molecule has 0 saturated heterocycles. The molecule has 0 aliphatic carbocycles. The Morgan fingerprint density at radius 2 is 1.45 bits per heavy atom. The van der Waals surface area contributed by atoms with E-state index in [1.54, 1.807) is 33.9 Å². The fourth-order valence-corrected chi connectivity index (χ4v) is 2.70. The van der Waals surface area contributed by atoms with Gasteiger partial charge in [0.2, 0.25) is 0 Å². The number of carbonyl (C=O) groups excluding carboxylic acids is 1. The lowest BCUT2D eigenvalue weighted by Gasteiger charge is -2.06. The molecule has 0 aliphatic rings. The topological polar surface area (TPSA) is 144 Å². The summed E-state index contributed by atoms with van der Waals surface area (Å²) in [5.74, 6) is -0.224. The molecule has 0 aromatic carbocycles. The first kappa shape index (κ1) is 20.6. The van der Waals surface area contributed by atoms with Crippen molar-refractivity contribution in [3.63, 3.8) is 0 Å². The minimum atomic E-state index is -0.224. The van der Waals surface area contributed by atoms with Crippen LogP contribution in [-0.2, 0) is 13.1 Å². The molecule has 3 aromatic rings. The first-order valence-electron chi connectivity index (χ1n) is 9.47. The minimum Gasteiger partial charge on any atom is -0.396 e. The number of nitrogens with zero attached hydrogens (tertiary/aromatic N) is 7. The van der Waals surface area contributed by atoms with E-state index < -0.39 is 0 Å². The molecule has 3 aromatic heterocycles. The van der Waals surface area contributed by atoms with E-state index in [-0.39, 0.29) is 19.1 Å². The Hall–Kier alpha value is -3.18. The van der Waals surface area contributed by atoms with Crippen molar-refractivity contribution in [3.05, 3.63) is 30.1 Å². The van der Waals surface area contributed by atoms with E-state index in [0.29, 0.717) is 60.8 Å². The molecule has 3 rings (SSSR count). The van der Waals surface area contributed by atoms with Crippen LogP contribution in [0.5, 0.6) is 0 Å². The smallest absolute Gasteiger partial charge is 0.251 e. The van der Waals surface area contributed by atoms with E-state index in [9.17, 15) is 4.79 Å². The molecule has 3 N–H and O–H groups in total. The Morgan fingerprint density at radius 1 is 0.931 bits per heavy atom. The van der Waals surface area contributed by atoms with Gasteiger partial charge in [0, 0.05) is 38.4 Å². The van der Waals surface area contributed by atoms with Gasteiger partial charge in [-0.1, -0.05) is 10.4 Å². The Bertz CT molecular complexity index is 888. The fourth-order valence-electron chi connectivity index (χ4n) is 2.70. The molecule has 0 aliphatic heterocycles. The Labute approximate surface area is 167 Å². The maximum absolute atomic E-state index is 12.4. The van der Waals surface area contributed by atoms with Crippen LogP contribution in [0.4, 0.5) is 0 Å². The van der Waals surface area contributed by atoms with Crippen LogP contribution >= 0.6 is 0 Å². The lowest BCUT2D eigenvalue weighted by Crippen LogP contribution is -2.22. The Balaban J connectivity index is 1.96. The highest BCUT2D eigenvalue weighted by atomic mass is 16.3. The third-order valence-electron chi connectivity index (χ3n) is 4.12. The third-order valence-corrected chi connectivity index (χ3v) is 4.12. The number of aromatic nitrogens is 7. The minimum absolute atomic E-state index is 0.0657. The molecule has 154 valence electrons. The van der Waals surface area contributed by atoms with Gasteiger partial charge in [-0.05, 0) is 31.9 Å². The molecule has 0 unspecified atom stereocenters. The van der Waals surface area contributed by atoms with Gasteiger partial charge in [0.15, 0.2) is 0 Å². The van der Waals surface area contributed by atoms with Crippen LogP contribution in [0.2, 0.25) is 0 Å². The van der Waals surface area contributed by atoms with E-state index in [1.807, 2.05) is 6.92 Å². The molecular weight excluding hydrogens is 376 g/mol. The van der Waals surface area contributed by atoms with Gasteiger partial charge in [-0.3, -0.25) is 14.2 Å². The number of pyridine rings is 1. The van der Waals surface area contributed by atoms with Crippen molar-refractivity contribution >= 4 is 5.91 Å². The summed E-state index contributed by atoms with van der Waals surface area (Å²) < 4.78 is 3.24. The first-order chi connectivity index (χ1) is 14.1. The van der Waals surface area contributed by atoms with Crippen LogP contribution in [0.15, 0.2) is 24.5 Å². The highest BCUT2D eigenvalue weighted by molar-refractivity contribution is 5.96. The number of rotatable bonds is 10. The molecule has 1 amide bonds. The van der Waals surface area contributed by atoms with Crippen molar-refractivity contribution in [3.8, 4) is 22.8 Å². The largest absolute Gasteiger partial charge is 0.396 e. The summed E-state index contributed by atoms with van der Waals surface area (Å²) in [6.07, 6.45) is 4.58. The van der Waals surface area contributed by atoms with Crippen molar-refractivity contribution < 1.29 is 15.0 Å². The van der Waals surface area contributed by atoms with Gasteiger partial charge >= 0.3 is 0 Å². The van der Waals surface area contributed by atoms with Gasteiger partial charge in [0.1, 0.15) is 11.4 Å². The first-order valence-corrected chi connectivity index (χ1v) is 9.47. The van der Waals surface area contributed by atoms with Crippen LogP contribution < -0.4 is 5.32 Å². The SMILES string of the molecule is CCNC(=O)c1cc(-c2cn(CCCO)nn2)nc(-c2cn(CCCO)nn2)c1. The van der Waals surface area contributed by atoms with Crippen LogP contribution in [-0.4, -0.2) is 70.9 Å². The number of aliphatic hydroxyl groups excluding tert-OH is 2. The molecule has 29 heavy (non-hydrogen) atoms. The van der Waals surface area contributed by atoms with Crippen LogP contribution in [0.1, 0.15) is 30.1 Å². The van der Waals surface area contributed by atoms with Gasteiger partial charge < -0.3 is 15.5 Å². The number of aryl methyl sites for hydroxylation is 2. The fraction of sp³-hybridized carbons (Fsp3) is 0.444. The number of nitrogens with one attached hydrogen (secondary N) is 1. The number of hydrogen-bond donors (Lipinski definition) is 3. The summed E-state index contributed by atoms with van der Waals surface area (Å²) in [6, 6.07) is 3.32. The molecule has 3 heterocycles. The Kier molecular flexibility index (Phi) is 6.98. The lowest BCUT2D eigenvalue weighted by molar-refractivity contribution is 0.0956. The van der Waals surface area contributed by atoms with Gasteiger partial charge in [0.25, 0.3) is 5.91 Å². The third kappa shape index (κ3) is 5.21. The number of carbonyl (C=O) groups is 1. The normalized spacial score (nSPS) is 11.0. The number of hydrogen-bond acceptors (Lipinski definition) is 8. The van der Waals surface area contributed by atoms with Gasteiger partial charge in [-0.25, -0.2) is 4.98 Å². The average Bonchev–Trinajstić information content (AvgIpc) is 3.40. The quantitative estimate of drug-likeness (QED) is 0.435. The molecule has 11 nitrogen and oxygen atoms in total. The zero-order valence-corrected chi connectivity index (χ0v) is 16.2. The van der Waals surface area contributed by atoms with Gasteiger partial charge in [-0.15, -0.1) is 10.2 Å². The molecule has 11 heteroatoms. The summed E-state index contributed by atoms with van der Waals surface area (Å²) in [7, 11) is 0. The molecule has 0 saturated carbocycles. The van der Waals surface area contributed by atoms with Gasteiger partial charge in [0.05, 0.1) is 23.8 Å². The van der Waals surface area contributed by atoms with Crippen LogP contribution in [0, 0.1) is 0 Å². The summed E-state index contributed by atoms with van der Waals surface area (Å²) in [4.78, 5) is 17.0. The predicted molar refractivity (Wildman–Crippen MR) is 104 cm³/mol. The zero-order chi connectivity index (χ0) is 20.6. The standard InChI is InChI=1S/C18H24N8O3/c1-2-19-18(29)13-9-14(16-11-25(23-21-16)5-3-7-27)20-15(10-13)17-12-26(24-22-17)6-4-8-28/h9-12,27-28H,2-8H2,1H3,(H,19,29).